The molecule has 0 unspecified atom stereocenters. The van der Waals surface area contributed by atoms with E-state index in [1.165, 1.54) is 11.3 Å². The number of hydrogen-bond acceptors (Lipinski definition) is 5. The van der Waals surface area contributed by atoms with Crippen LogP contribution in [-0.4, -0.2) is 15.9 Å². The number of rotatable bonds is 3. The summed E-state index contributed by atoms with van der Waals surface area (Å²) in [5.74, 6) is -0.861. The molecule has 0 aliphatic carbocycles. The van der Waals surface area contributed by atoms with Gasteiger partial charge >= 0.3 is 6.18 Å². The summed E-state index contributed by atoms with van der Waals surface area (Å²) in [5.41, 5.74) is 3.69. The molecule has 2 aromatic heterocycles. The molecule has 0 aliphatic rings. The second-order valence-electron chi connectivity index (χ2n) is 5.70. The number of nitrogens with one attached hydrogen (secondary N) is 1. The predicted octanol–water partition coefficient (Wildman–Crippen LogP) is 5.46. The first-order chi connectivity index (χ1) is 12.2. The third-order valence-electron chi connectivity index (χ3n) is 3.84. The smallest absolute Gasteiger partial charge is 0.297 e. The summed E-state index contributed by atoms with van der Waals surface area (Å²) in [4.78, 5) is 20.3. The minimum atomic E-state index is -4.67. The highest BCUT2D eigenvalue weighted by Gasteiger charge is 2.38. The average Bonchev–Trinajstić information content (AvgIpc) is 3.16. The number of hydrogen-bond donors (Lipinski definition) is 1. The van der Waals surface area contributed by atoms with Gasteiger partial charge in [0.15, 0.2) is 10.8 Å². The van der Waals surface area contributed by atoms with Crippen LogP contribution >= 0.6 is 22.7 Å². The molecule has 3 aromatic rings. The number of benzene rings is 1. The molecule has 3 rings (SSSR count). The van der Waals surface area contributed by atoms with Gasteiger partial charge < -0.3 is 0 Å². The van der Waals surface area contributed by atoms with Crippen molar-refractivity contribution in [2.24, 2.45) is 0 Å². The quantitative estimate of drug-likeness (QED) is 0.638. The number of carbonyl (C=O) groups excluding carboxylic acids is 1. The number of alkyl halides is 3. The summed E-state index contributed by atoms with van der Waals surface area (Å²) >= 11 is 1.87. The Bertz CT molecular complexity index is 976. The van der Waals surface area contributed by atoms with E-state index < -0.39 is 22.7 Å². The second-order valence-corrected chi connectivity index (χ2v) is 7.76. The van der Waals surface area contributed by atoms with Crippen molar-refractivity contribution in [1.29, 1.82) is 0 Å². The molecule has 0 saturated carbocycles. The fourth-order valence-corrected chi connectivity index (χ4v) is 3.90. The molecule has 0 atom stereocenters. The molecule has 136 valence electrons. The van der Waals surface area contributed by atoms with E-state index >= 15 is 0 Å². The minimum absolute atomic E-state index is 0.252. The molecule has 0 spiro atoms. The maximum Gasteiger partial charge on any atom is 0.434 e. The summed E-state index contributed by atoms with van der Waals surface area (Å²) in [6.45, 7) is 5.85. The summed E-state index contributed by atoms with van der Waals surface area (Å²) in [5, 5.41) is 2.70. The molecule has 0 fully saturated rings. The number of amides is 1. The number of aryl methyl sites for hydroxylation is 3. The monoisotopic (exact) mass is 397 g/mol. The largest absolute Gasteiger partial charge is 0.434 e. The molecule has 4 nitrogen and oxygen atoms in total. The second kappa shape index (κ2) is 6.81. The summed E-state index contributed by atoms with van der Waals surface area (Å²) in [6, 6.07) is 5.91. The standard InChI is InChI=1S/C17H14F3N3OS2/c1-8-4-5-11(6-9(8)2)12-10(3)26-16(22-12)23-15(24)13-14(17(18,19)20)21-7-25-13/h4-7H,1-3H3,(H,22,23,24). The highest BCUT2D eigenvalue weighted by atomic mass is 32.1. The van der Waals surface area contributed by atoms with Gasteiger partial charge in [0, 0.05) is 10.4 Å². The van der Waals surface area contributed by atoms with E-state index in [9.17, 15) is 18.0 Å². The Balaban J connectivity index is 1.87. The van der Waals surface area contributed by atoms with E-state index in [-0.39, 0.29) is 5.13 Å². The Kier molecular flexibility index (Phi) is 4.85. The van der Waals surface area contributed by atoms with Crippen molar-refractivity contribution in [2.75, 3.05) is 5.32 Å². The Morgan fingerprint density at radius 3 is 2.54 bits per heavy atom. The molecule has 1 aromatic carbocycles. The lowest BCUT2D eigenvalue weighted by molar-refractivity contribution is -0.141. The van der Waals surface area contributed by atoms with Crippen LogP contribution in [0.1, 0.15) is 31.4 Å². The van der Waals surface area contributed by atoms with Crippen molar-refractivity contribution in [3.05, 3.63) is 50.3 Å². The molecule has 1 amide bonds. The fraction of sp³-hybridized carbons (Fsp3) is 0.235. The number of halogens is 3. The molecular formula is C17H14F3N3OS2. The number of aromatic nitrogens is 2. The molecule has 1 N–H and O–H groups in total. The summed E-state index contributed by atoms with van der Waals surface area (Å²) in [6.07, 6.45) is -4.67. The van der Waals surface area contributed by atoms with Gasteiger partial charge in [-0.25, -0.2) is 9.97 Å². The third-order valence-corrected chi connectivity index (χ3v) is 5.55. The lowest BCUT2D eigenvalue weighted by Gasteiger charge is -2.05. The van der Waals surface area contributed by atoms with Crippen molar-refractivity contribution in [3.8, 4) is 11.3 Å². The van der Waals surface area contributed by atoms with Crippen LogP contribution in [0.15, 0.2) is 23.7 Å². The summed E-state index contributed by atoms with van der Waals surface area (Å²) in [7, 11) is 0. The fourth-order valence-electron chi connectivity index (χ4n) is 2.37. The molecular weight excluding hydrogens is 383 g/mol. The van der Waals surface area contributed by atoms with Crippen molar-refractivity contribution < 1.29 is 18.0 Å². The highest BCUT2D eigenvalue weighted by Crippen LogP contribution is 2.34. The molecule has 0 bridgehead atoms. The van der Waals surface area contributed by atoms with E-state index in [0.29, 0.717) is 17.0 Å². The maximum absolute atomic E-state index is 12.9. The topological polar surface area (TPSA) is 54.9 Å². The lowest BCUT2D eigenvalue weighted by Crippen LogP contribution is -2.17. The molecule has 0 radical (unpaired) electrons. The number of carbonyl (C=O) groups is 1. The van der Waals surface area contributed by atoms with E-state index in [2.05, 4.69) is 15.3 Å². The zero-order valence-electron chi connectivity index (χ0n) is 14.1. The van der Waals surface area contributed by atoms with Crippen LogP contribution in [0.3, 0.4) is 0 Å². The van der Waals surface area contributed by atoms with Crippen molar-refractivity contribution in [2.45, 2.75) is 26.9 Å². The molecule has 0 aliphatic heterocycles. The van der Waals surface area contributed by atoms with Gasteiger partial charge in [-0.05, 0) is 38.0 Å². The van der Waals surface area contributed by atoms with Crippen LogP contribution in [0.4, 0.5) is 18.3 Å². The van der Waals surface area contributed by atoms with Gasteiger partial charge in [0.25, 0.3) is 5.91 Å². The molecule has 0 saturated heterocycles. The normalized spacial score (nSPS) is 11.6. The Morgan fingerprint density at radius 2 is 1.88 bits per heavy atom. The first kappa shape index (κ1) is 18.5. The van der Waals surface area contributed by atoms with Crippen molar-refractivity contribution in [1.82, 2.24) is 9.97 Å². The van der Waals surface area contributed by atoms with Gasteiger partial charge in [-0.3, -0.25) is 10.1 Å². The zero-order chi connectivity index (χ0) is 19.1. The van der Waals surface area contributed by atoms with Crippen LogP contribution in [0.5, 0.6) is 0 Å². The van der Waals surface area contributed by atoms with Crippen molar-refractivity contribution in [3.63, 3.8) is 0 Å². The van der Waals surface area contributed by atoms with Crippen LogP contribution < -0.4 is 5.32 Å². The maximum atomic E-state index is 12.9. The number of nitrogens with zero attached hydrogens (tertiary/aromatic N) is 2. The van der Waals surface area contributed by atoms with Crippen LogP contribution in [0.2, 0.25) is 0 Å². The van der Waals surface area contributed by atoms with Crippen LogP contribution in [0, 0.1) is 20.8 Å². The van der Waals surface area contributed by atoms with E-state index in [4.69, 9.17) is 0 Å². The molecule has 26 heavy (non-hydrogen) atoms. The minimum Gasteiger partial charge on any atom is -0.297 e. The van der Waals surface area contributed by atoms with Gasteiger partial charge in [-0.15, -0.1) is 22.7 Å². The molecule has 2 heterocycles. The van der Waals surface area contributed by atoms with Gasteiger partial charge in [-0.1, -0.05) is 12.1 Å². The highest BCUT2D eigenvalue weighted by molar-refractivity contribution is 7.16. The van der Waals surface area contributed by atoms with Crippen LogP contribution in [-0.2, 0) is 6.18 Å². The third kappa shape index (κ3) is 3.63. The Morgan fingerprint density at radius 1 is 1.15 bits per heavy atom. The zero-order valence-corrected chi connectivity index (χ0v) is 15.7. The lowest BCUT2D eigenvalue weighted by atomic mass is 10.0. The Labute approximate surface area is 155 Å². The van der Waals surface area contributed by atoms with Gasteiger partial charge in [0.2, 0.25) is 0 Å². The SMILES string of the molecule is Cc1ccc(-c2nc(NC(=O)c3scnc3C(F)(F)F)sc2C)cc1C. The first-order valence-corrected chi connectivity index (χ1v) is 9.23. The summed E-state index contributed by atoms with van der Waals surface area (Å²) < 4.78 is 38.7. The van der Waals surface area contributed by atoms with E-state index in [0.717, 1.165) is 27.1 Å². The van der Waals surface area contributed by atoms with Gasteiger partial charge in [0.05, 0.1) is 11.2 Å². The predicted molar refractivity (Wildman–Crippen MR) is 96.8 cm³/mol. The molecule has 9 heteroatoms. The number of anilines is 1. The van der Waals surface area contributed by atoms with Crippen molar-refractivity contribution >= 4 is 33.7 Å². The van der Waals surface area contributed by atoms with E-state index in [1.807, 2.05) is 39.0 Å². The Hall–Kier alpha value is -2.26. The van der Waals surface area contributed by atoms with Gasteiger partial charge in [-0.2, -0.15) is 13.2 Å². The first-order valence-electron chi connectivity index (χ1n) is 7.54. The number of thiazole rings is 2. The average molecular weight is 397 g/mol. The van der Waals surface area contributed by atoms with E-state index in [1.54, 1.807) is 0 Å². The van der Waals surface area contributed by atoms with Crippen LogP contribution in [0.25, 0.3) is 11.3 Å². The van der Waals surface area contributed by atoms with Gasteiger partial charge in [0.1, 0.15) is 4.88 Å².